The highest BCUT2D eigenvalue weighted by molar-refractivity contribution is 9.11. The van der Waals surface area contributed by atoms with Crippen LogP contribution in [-0.2, 0) is 11.3 Å². The number of carbonyl (C=O) groups excluding carboxylic acids is 1. The minimum absolute atomic E-state index is 0.136. The van der Waals surface area contributed by atoms with E-state index in [9.17, 15) is 4.79 Å². The number of amides is 1. The molecule has 0 saturated heterocycles. The Kier molecular flexibility index (Phi) is 3.85. The van der Waals surface area contributed by atoms with Crippen LogP contribution in [0, 0.1) is 0 Å². The fraction of sp³-hybridized carbons (Fsp3) is 0.111. The van der Waals surface area contributed by atoms with Crippen LogP contribution in [0.5, 0.6) is 0 Å². The Bertz CT molecular complexity index is 528. The molecule has 8 heteroatoms. The van der Waals surface area contributed by atoms with Crippen LogP contribution >= 0.6 is 31.9 Å². The molecule has 0 aliphatic rings. The molecule has 0 saturated carbocycles. The van der Waals surface area contributed by atoms with Crippen LogP contribution in [0.3, 0.4) is 0 Å². The van der Waals surface area contributed by atoms with Gasteiger partial charge >= 0.3 is 0 Å². The number of carbonyl (C=O) groups is 1. The molecule has 6 nitrogen and oxygen atoms in total. The minimum Gasteiger partial charge on any atom is -0.307 e. The average Bonchev–Trinajstić information content (AvgIpc) is 2.75. The third-order valence-electron chi connectivity index (χ3n) is 1.82. The van der Waals surface area contributed by atoms with Crippen molar-refractivity contribution in [2.45, 2.75) is 6.54 Å². The number of hydrogen-bond acceptors (Lipinski definition) is 4. The SMILES string of the molecule is O=C(Cn1cccn1)Nc1ncc(Br)nc1Br. The van der Waals surface area contributed by atoms with E-state index in [4.69, 9.17) is 0 Å². The average molecular weight is 361 g/mol. The lowest BCUT2D eigenvalue weighted by molar-refractivity contribution is -0.116. The molecule has 0 aliphatic heterocycles. The van der Waals surface area contributed by atoms with Gasteiger partial charge in [0.2, 0.25) is 5.91 Å². The molecule has 0 spiro atoms. The summed E-state index contributed by atoms with van der Waals surface area (Å²) >= 11 is 6.39. The Morgan fingerprint density at radius 1 is 1.47 bits per heavy atom. The molecule has 1 amide bonds. The Balaban J connectivity index is 2.03. The Morgan fingerprint density at radius 3 is 2.94 bits per heavy atom. The molecule has 0 aliphatic carbocycles. The van der Waals surface area contributed by atoms with Gasteiger partial charge < -0.3 is 5.32 Å². The monoisotopic (exact) mass is 359 g/mol. The summed E-state index contributed by atoms with van der Waals surface area (Å²) in [6.45, 7) is 0.136. The standard InChI is InChI=1S/C9H7Br2N5O/c10-6-4-12-9(8(11)14-6)15-7(17)5-16-3-1-2-13-16/h1-4H,5H2,(H,12,15,17). The van der Waals surface area contributed by atoms with E-state index in [1.165, 1.54) is 10.9 Å². The predicted molar refractivity (Wildman–Crippen MR) is 68.3 cm³/mol. The zero-order valence-corrected chi connectivity index (χ0v) is 11.6. The number of aromatic nitrogens is 4. The highest BCUT2D eigenvalue weighted by Crippen LogP contribution is 2.19. The summed E-state index contributed by atoms with van der Waals surface area (Å²) < 4.78 is 2.59. The lowest BCUT2D eigenvalue weighted by atomic mass is 10.5. The van der Waals surface area contributed by atoms with E-state index in [1.54, 1.807) is 18.5 Å². The molecular formula is C9H7Br2N5O. The van der Waals surface area contributed by atoms with E-state index in [0.717, 1.165) is 0 Å². The summed E-state index contributed by atoms with van der Waals surface area (Å²) in [5.74, 6) is 0.163. The van der Waals surface area contributed by atoms with Crippen LogP contribution in [0.15, 0.2) is 33.9 Å². The van der Waals surface area contributed by atoms with Crippen molar-refractivity contribution in [3.05, 3.63) is 33.9 Å². The summed E-state index contributed by atoms with van der Waals surface area (Å²) in [4.78, 5) is 19.7. The zero-order chi connectivity index (χ0) is 12.3. The van der Waals surface area contributed by atoms with Crippen molar-refractivity contribution in [1.29, 1.82) is 0 Å². The van der Waals surface area contributed by atoms with E-state index < -0.39 is 0 Å². The Hall–Kier alpha value is -1.28. The van der Waals surface area contributed by atoms with Crippen LogP contribution in [0.25, 0.3) is 0 Å². The lowest BCUT2D eigenvalue weighted by Crippen LogP contribution is -2.20. The molecule has 1 N–H and O–H groups in total. The topological polar surface area (TPSA) is 72.7 Å². The van der Waals surface area contributed by atoms with Crippen LogP contribution in [-0.4, -0.2) is 25.7 Å². The molecule has 17 heavy (non-hydrogen) atoms. The second kappa shape index (κ2) is 5.37. The van der Waals surface area contributed by atoms with Crippen LogP contribution in [0.1, 0.15) is 0 Å². The first-order chi connectivity index (χ1) is 8.15. The molecule has 0 unspecified atom stereocenters. The van der Waals surface area contributed by atoms with E-state index in [1.807, 2.05) is 0 Å². The first-order valence-electron chi connectivity index (χ1n) is 4.60. The number of halogens is 2. The minimum atomic E-state index is -0.217. The maximum absolute atomic E-state index is 11.6. The van der Waals surface area contributed by atoms with Gasteiger partial charge in [0, 0.05) is 12.4 Å². The molecular weight excluding hydrogens is 354 g/mol. The van der Waals surface area contributed by atoms with E-state index in [-0.39, 0.29) is 12.5 Å². The van der Waals surface area contributed by atoms with Gasteiger partial charge in [-0.3, -0.25) is 9.48 Å². The maximum atomic E-state index is 11.6. The summed E-state index contributed by atoms with van der Waals surface area (Å²) in [7, 11) is 0. The summed E-state index contributed by atoms with van der Waals surface area (Å²) in [5.41, 5.74) is 0. The molecule has 0 aromatic carbocycles. The van der Waals surface area contributed by atoms with Gasteiger partial charge in [-0.25, -0.2) is 9.97 Å². The molecule has 88 valence electrons. The van der Waals surface area contributed by atoms with Crippen LogP contribution in [0.2, 0.25) is 0 Å². The molecule has 0 atom stereocenters. The van der Waals surface area contributed by atoms with E-state index >= 15 is 0 Å². The van der Waals surface area contributed by atoms with Gasteiger partial charge in [0.05, 0.1) is 6.20 Å². The van der Waals surface area contributed by atoms with Gasteiger partial charge in [-0.1, -0.05) is 0 Å². The molecule has 0 fully saturated rings. The van der Waals surface area contributed by atoms with Crippen molar-refractivity contribution in [2.75, 3.05) is 5.32 Å². The summed E-state index contributed by atoms with van der Waals surface area (Å²) in [5, 5.41) is 6.57. The Morgan fingerprint density at radius 2 is 2.29 bits per heavy atom. The van der Waals surface area contributed by atoms with Gasteiger partial charge in [-0.15, -0.1) is 0 Å². The first kappa shape index (κ1) is 12.2. The van der Waals surface area contributed by atoms with Crippen molar-refractivity contribution in [3.63, 3.8) is 0 Å². The molecule has 0 radical (unpaired) electrons. The van der Waals surface area contributed by atoms with Crippen LogP contribution < -0.4 is 5.32 Å². The van der Waals surface area contributed by atoms with Gasteiger partial charge in [-0.2, -0.15) is 5.10 Å². The molecule has 2 heterocycles. The largest absolute Gasteiger partial charge is 0.307 e. The van der Waals surface area contributed by atoms with Crippen molar-refractivity contribution in [3.8, 4) is 0 Å². The van der Waals surface area contributed by atoms with Crippen molar-refractivity contribution in [2.24, 2.45) is 0 Å². The van der Waals surface area contributed by atoms with Gasteiger partial charge in [0.15, 0.2) is 5.82 Å². The number of nitrogens with one attached hydrogen (secondary N) is 1. The van der Waals surface area contributed by atoms with Gasteiger partial charge in [0.25, 0.3) is 0 Å². The van der Waals surface area contributed by atoms with Crippen molar-refractivity contribution < 1.29 is 4.79 Å². The molecule has 2 rings (SSSR count). The Labute approximate surface area is 114 Å². The highest BCUT2D eigenvalue weighted by atomic mass is 79.9. The second-order valence-corrected chi connectivity index (χ2v) is 4.65. The van der Waals surface area contributed by atoms with Crippen molar-refractivity contribution in [1.82, 2.24) is 19.7 Å². The number of nitrogens with zero attached hydrogens (tertiary/aromatic N) is 4. The van der Waals surface area contributed by atoms with Gasteiger partial charge in [0.1, 0.15) is 15.8 Å². The quantitative estimate of drug-likeness (QED) is 0.906. The van der Waals surface area contributed by atoms with E-state index in [2.05, 4.69) is 52.2 Å². The zero-order valence-electron chi connectivity index (χ0n) is 8.47. The third-order valence-corrected chi connectivity index (χ3v) is 2.76. The summed E-state index contributed by atoms with van der Waals surface area (Å²) in [6, 6.07) is 1.75. The first-order valence-corrected chi connectivity index (χ1v) is 6.19. The summed E-state index contributed by atoms with van der Waals surface area (Å²) in [6.07, 6.45) is 4.83. The second-order valence-electron chi connectivity index (χ2n) is 3.08. The number of hydrogen-bond donors (Lipinski definition) is 1. The van der Waals surface area contributed by atoms with E-state index in [0.29, 0.717) is 15.0 Å². The fourth-order valence-electron chi connectivity index (χ4n) is 1.14. The maximum Gasteiger partial charge on any atom is 0.247 e. The number of rotatable bonds is 3. The number of anilines is 1. The molecule has 2 aromatic heterocycles. The third kappa shape index (κ3) is 3.34. The molecule has 2 aromatic rings. The van der Waals surface area contributed by atoms with Crippen LogP contribution in [0.4, 0.5) is 5.82 Å². The lowest BCUT2D eigenvalue weighted by Gasteiger charge is -2.05. The van der Waals surface area contributed by atoms with Crippen molar-refractivity contribution >= 4 is 43.6 Å². The fourth-order valence-corrected chi connectivity index (χ4v) is 2.05. The normalized spacial score (nSPS) is 10.2. The highest BCUT2D eigenvalue weighted by Gasteiger charge is 2.08. The smallest absolute Gasteiger partial charge is 0.247 e. The molecule has 0 bridgehead atoms. The predicted octanol–water partition coefficient (Wildman–Crippen LogP) is 1.84. The van der Waals surface area contributed by atoms with Gasteiger partial charge in [-0.05, 0) is 37.9 Å².